The lowest BCUT2D eigenvalue weighted by Crippen LogP contribution is -2.47. The molecule has 0 spiro atoms. The Morgan fingerprint density at radius 3 is 2.20 bits per heavy atom. The predicted octanol–water partition coefficient (Wildman–Crippen LogP) is 10.4. The molecule has 13 heteroatoms. The summed E-state index contributed by atoms with van der Waals surface area (Å²) in [5.74, 6) is 0.476. The second-order valence-electron chi connectivity index (χ2n) is 16.6. The van der Waals surface area contributed by atoms with Crippen LogP contribution in [0.4, 0.5) is 16.2 Å². The number of rotatable bonds is 22. The van der Waals surface area contributed by atoms with E-state index in [9.17, 15) is 18.3 Å². The number of unbranched alkanes of at least 4 members (excludes halogenated alkanes) is 6. The number of nitrogens with zero attached hydrogens (tertiary/aromatic N) is 2. The lowest BCUT2D eigenvalue weighted by Gasteiger charge is -2.39. The third kappa shape index (κ3) is 14.8. The number of hydrogen-bond acceptors (Lipinski definition) is 7. The van der Waals surface area contributed by atoms with Gasteiger partial charge < -0.3 is 24.5 Å². The van der Waals surface area contributed by atoms with Crippen molar-refractivity contribution < 1.29 is 27.5 Å². The number of amides is 1. The molecule has 3 N–H and O–H groups in total. The SMILES string of the molecule is CC(C)(C)[Si](C)(C)O[C@H](CNCCCCCCCCCN1CCC(N(C(=O)O)c2ccccc2Br)CC1)c1ccc(OCc2ccccc2)c(NS(C)(=O)=O)c1. The van der Waals surface area contributed by atoms with E-state index in [0.29, 0.717) is 24.6 Å². The highest BCUT2D eigenvalue weighted by Crippen LogP contribution is 2.41. The van der Waals surface area contributed by atoms with Crippen molar-refractivity contribution in [1.82, 2.24) is 10.2 Å². The van der Waals surface area contributed by atoms with Gasteiger partial charge in [0.2, 0.25) is 10.0 Å². The van der Waals surface area contributed by atoms with Gasteiger partial charge in [0.1, 0.15) is 12.4 Å². The second kappa shape index (κ2) is 21.7. The average Bonchev–Trinajstić information content (AvgIpc) is 3.13. The van der Waals surface area contributed by atoms with Gasteiger partial charge in [-0.25, -0.2) is 13.2 Å². The van der Waals surface area contributed by atoms with Gasteiger partial charge in [-0.3, -0.25) is 9.62 Å². The first-order chi connectivity index (χ1) is 26.5. The number of ether oxygens (including phenoxy) is 1. The van der Waals surface area contributed by atoms with Crippen molar-refractivity contribution in [2.45, 2.75) is 115 Å². The molecule has 3 aromatic carbocycles. The highest BCUT2D eigenvalue weighted by Gasteiger charge is 2.39. The zero-order valence-corrected chi connectivity index (χ0v) is 37.8. The molecule has 310 valence electrons. The van der Waals surface area contributed by atoms with Crippen LogP contribution in [0.1, 0.15) is 95.8 Å². The van der Waals surface area contributed by atoms with Gasteiger partial charge in [-0.15, -0.1) is 0 Å². The third-order valence-electron chi connectivity index (χ3n) is 11.0. The molecule has 1 heterocycles. The van der Waals surface area contributed by atoms with E-state index in [0.717, 1.165) is 73.0 Å². The molecule has 1 fully saturated rings. The van der Waals surface area contributed by atoms with Crippen molar-refractivity contribution in [3.05, 3.63) is 88.4 Å². The first kappa shape index (κ1) is 45.8. The summed E-state index contributed by atoms with van der Waals surface area (Å²) in [5.41, 5.74) is 3.04. The number of carbonyl (C=O) groups is 1. The predicted molar refractivity (Wildman–Crippen MR) is 236 cm³/mol. The summed E-state index contributed by atoms with van der Waals surface area (Å²) < 4.78 is 41.3. The van der Waals surface area contributed by atoms with Crippen LogP contribution < -0.4 is 19.7 Å². The second-order valence-corrected chi connectivity index (χ2v) is 24.0. The summed E-state index contributed by atoms with van der Waals surface area (Å²) in [5, 5.41) is 13.6. The van der Waals surface area contributed by atoms with Crippen LogP contribution in [0.5, 0.6) is 5.75 Å². The number of nitrogens with one attached hydrogen (secondary N) is 2. The fourth-order valence-corrected chi connectivity index (χ4v) is 9.17. The van der Waals surface area contributed by atoms with E-state index < -0.39 is 24.4 Å². The van der Waals surface area contributed by atoms with Crippen LogP contribution in [0, 0.1) is 0 Å². The Kier molecular flexibility index (Phi) is 17.7. The first-order valence-electron chi connectivity index (χ1n) is 20.2. The van der Waals surface area contributed by atoms with Crippen molar-refractivity contribution in [1.29, 1.82) is 0 Å². The topological polar surface area (TPSA) is 120 Å². The Labute approximate surface area is 346 Å². The van der Waals surface area contributed by atoms with Crippen LogP contribution in [0.3, 0.4) is 0 Å². The maximum atomic E-state index is 12.4. The summed E-state index contributed by atoms with van der Waals surface area (Å²) in [7, 11) is -5.70. The highest BCUT2D eigenvalue weighted by atomic mass is 79.9. The van der Waals surface area contributed by atoms with E-state index in [2.05, 4.69) is 64.7 Å². The molecule has 0 radical (unpaired) electrons. The minimum absolute atomic E-state index is 0.00152. The fraction of sp³-hybridized carbons (Fsp3) is 0.558. The zero-order chi connectivity index (χ0) is 40.8. The van der Waals surface area contributed by atoms with E-state index in [1.807, 2.05) is 72.8 Å². The van der Waals surface area contributed by atoms with E-state index in [1.54, 1.807) is 0 Å². The van der Waals surface area contributed by atoms with Gasteiger partial charge in [-0.2, -0.15) is 0 Å². The molecular formula is C43H65BrN4O6SSi. The van der Waals surface area contributed by atoms with Crippen molar-refractivity contribution in [3.63, 3.8) is 0 Å². The van der Waals surface area contributed by atoms with Crippen LogP contribution in [0.2, 0.25) is 18.1 Å². The molecule has 1 aliphatic heterocycles. The van der Waals surface area contributed by atoms with Crippen LogP contribution in [0.25, 0.3) is 0 Å². The molecule has 3 aromatic rings. The smallest absolute Gasteiger partial charge is 0.412 e. The Hall–Kier alpha value is -2.94. The van der Waals surface area contributed by atoms with Crippen molar-refractivity contribution in [2.24, 2.45) is 0 Å². The van der Waals surface area contributed by atoms with E-state index in [-0.39, 0.29) is 17.2 Å². The Morgan fingerprint density at radius 2 is 1.57 bits per heavy atom. The van der Waals surface area contributed by atoms with Crippen LogP contribution >= 0.6 is 15.9 Å². The molecule has 0 aromatic heterocycles. The molecule has 4 rings (SSSR count). The first-order valence-corrected chi connectivity index (χ1v) is 25.8. The van der Waals surface area contributed by atoms with E-state index >= 15 is 0 Å². The Balaban J connectivity index is 1.19. The van der Waals surface area contributed by atoms with Crippen LogP contribution in [-0.4, -0.2) is 77.9 Å². The van der Waals surface area contributed by atoms with Crippen molar-refractivity contribution in [3.8, 4) is 5.75 Å². The number of para-hydroxylation sites is 1. The number of halogens is 1. The van der Waals surface area contributed by atoms with E-state index in [1.165, 1.54) is 43.4 Å². The molecule has 1 atom stereocenters. The van der Waals surface area contributed by atoms with Crippen LogP contribution in [0.15, 0.2) is 77.3 Å². The van der Waals surface area contributed by atoms with Gasteiger partial charge in [-0.05, 0) is 108 Å². The van der Waals surface area contributed by atoms with Crippen molar-refractivity contribution in [2.75, 3.05) is 48.6 Å². The summed E-state index contributed by atoms with van der Waals surface area (Å²) in [6, 6.07) is 23.1. The lowest BCUT2D eigenvalue weighted by atomic mass is 10.0. The molecule has 0 bridgehead atoms. The molecule has 0 unspecified atom stereocenters. The molecule has 0 aliphatic carbocycles. The number of likely N-dealkylation sites (tertiary alicyclic amines) is 1. The van der Waals surface area contributed by atoms with Gasteiger partial charge in [0, 0.05) is 30.1 Å². The minimum atomic E-state index is -3.54. The number of piperidine rings is 1. The molecule has 1 aliphatic rings. The zero-order valence-electron chi connectivity index (χ0n) is 34.4. The summed E-state index contributed by atoms with van der Waals surface area (Å²) >= 11 is 3.52. The number of hydrogen-bond donors (Lipinski definition) is 3. The number of sulfonamides is 1. The monoisotopic (exact) mass is 872 g/mol. The summed E-state index contributed by atoms with van der Waals surface area (Å²) in [6.45, 7) is 16.0. The normalized spacial score (nSPS) is 15.1. The maximum Gasteiger partial charge on any atom is 0.412 e. The molecule has 1 saturated heterocycles. The third-order valence-corrected chi connectivity index (χ3v) is 16.8. The maximum absolute atomic E-state index is 12.4. The fourth-order valence-electron chi connectivity index (χ4n) is 6.86. The summed E-state index contributed by atoms with van der Waals surface area (Å²) in [4.78, 5) is 16.2. The number of anilines is 2. The lowest BCUT2D eigenvalue weighted by molar-refractivity contribution is 0.179. The number of carboxylic acid groups (broad SMARTS) is 1. The molecular weight excluding hydrogens is 809 g/mol. The number of benzene rings is 3. The van der Waals surface area contributed by atoms with Crippen molar-refractivity contribution >= 4 is 51.7 Å². The highest BCUT2D eigenvalue weighted by molar-refractivity contribution is 9.10. The van der Waals surface area contributed by atoms with Gasteiger partial charge >= 0.3 is 6.09 Å². The molecule has 56 heavy (non-hydrogen) atoms. The minimum Gasteiger partial charge on any atom is -0.487 e. The van der Waals surface area contributed by atoms with Gasteiger partial charge in [0.15, 0.2) is 8.32 Å². The standard InChI is InChI=1S/C43H65BrN4O6SSi/c1-43(2,3)56(5,6)54-41(35-23-24-40(38(31-35)46-55(4,51)52)53-33-34-19-13-12-14-20-34)32-45-27-17-10-8-7-9-11-18-28-47-29-25-36(26-30-47)48(42(49)50)39-22-16-15-21-37(39)44/h12-16,19-24,31,36,41,45-46H,7-11,17-18,25-30,32-33H2,1-6H3,(H,49,50)/t41-/m1/s1. The Bertz CT molecular complexity index is 1770. The quantitative estimate of drug-likeness (QED) is 0.0674. The largest absolute Gasteiger partial charge is 0.487 e. The molecule has 1 amide bonds. The van der Waals surface area contributed by atoms with Gasteiger partial charge in [0.25, 0.3) is 0 Å². The molecule has 0 saturated carbocycles. The Morgan fingerprint density at radius 1 is 0.946 bits per heavy atom. The van der Waals surface area contributed by atoms with Gasteiger partial charge in [0.05, 0.1) is 23.7 Å². The van der Waals surface area contributed by atoms with E-state index in [4.69, 9.17) is 9.16 Å². The summed E-state index contributed by atoms with van der Waals surface area (Å²) in [6.07, 6.45) is 10.0. The average molecular weight is 874 g/mol. The van der Waals surface area contributed by atoms with Crippen LogP contribution in [-0.2, 0) is 21.1 Å². The van der Waals surface area contributed by atoms with Gasteiger partial charge in [-0.1, -0.05) is 101 Å². The molecule has 10 nitrogen and oxygen atoms in total.